The number of carbonyl (C=O) groups excluding carboxylic acids is 1. The lowest BCUT2D eigenvalue weighted by molar-refractivity contribution is -0.384. The number of thioether (sulfide) groups is 1. The zero-order valence-electron chi connectivity index (χ0n) is 16.4. The minimum Gasteiger partial charge on any atom is -0.488 e. The number of anilines is 1. The van der Waals surface area contributed by atoms with E-state index in [1.54, 1.807) is 24.3 Å². The smallest absolute Gasteiger partial charge is 0.270 e. The Balaban J connectivity index is 1.53. The van der Waals surface area contributed by atoms with E-state index in [0.717, 1.165) is 17.3 Å². The zero-order chi connectivity index (χ0) is 22.7. The number of nitrogens with zero attached hydrogens (tertiary/aromatic N) is 2. The Morgan fingerprint density at radius 3 is 2.44 bits per heavy atom. The highest BCUT2D eigenvalue weighted by Gasteiger charge is 2.33. The van der Waals surface area contributed by atoms with Crippen LogP contribution in [0.4, 0.5) is 15.8 Å². The molecule has 0 atom stereocenters. The molecule has 9 heteroatoms. The number of non-ortho nitro benzene ring substituents is 1. The molecule has 0 N–H and O–H groups in total. The molecule has 1 fully saturated rings. The van der Waals surface area contributed by atoms with Crippen LogP contribution in [0.1, 0.15) is 11.1 Å². The van der Waals surface area contributed by atoms with E-state index in [0.29, 0.717) is 26.2 Å². The van der Waals surface area contributed by atoms with Crippen LogP contribution in [0.15, 0.2) is 77.7 Å². The topological polar surface area (TPSA) is 72.7 Å². The van der Waals surface area contributed by atoms with Crippen molar-refractivity contribution in [1.82, 2.24) is 0 Å². The fraction of sp³-hybridized carbons (Fsp3) is 0.0435. The summed E-state index contributed by atoms with van der Waals surface area (Å²) < 4.78 is 19.5. The molecule has 6 nitrogen and oxygen atoms in total. The van der Waals surface area contributed by atoms with Crippen LogP contribution in [0, 0.1) is 15.9 Å². The van der Waals surface area contributed by atoms with Crippen LogP contribution in [0.5, 0.6) is 5.75 Å². The Labute approximate surface area is 192 Å². The van der Waals surface area contributed by atoms with Gasteiger partial charge in [-0.2, -0.15) is 0 Å². The molecule has 32 heavy (non-hydrogen) atoms. The lowest BCUT2D eigenvalue weighted by atomic mass is 10.1. The molecule has 3 aromatic rings. The second-order valence-corrected chi connectivity index (χ2v) is 8.42. The lowest BCUT2D eigenvalue weighted by Crippen LogP contribution is -2.27. The van der Waals surface area contributed by atoms with Gasteiger partial charge in [-0.1, -0.05) is 42.2 Å². The molecule has 4 rings (SSSR count). The first-order valence-electron chi connectivity index (χ1n) is 9.41. The third kappa shape index (κ3) is 4.68. The van der Waals surface area contributed by atoms with Crippen molar-refractivity contribution in [2.24, 2.45) is 0 Å². The number of halogens is 1. The summed E-state index contributed by atoms with van der Waals surface area (Å²) in [4.78, 5) is 25.1. The number of para-hydroxylation sites is 1. The van der Waals surface area contributed by atoms with E-state index in [1.165, 1.54) is 41.3 Å². The van der Waals surface area contributed by atoms with Gasteiger partial charge in [-0.25, -0.2) is 4.39 Å². The van der Waals surface area contributed by atoms with Crippen molar-refractivity contribution in [1.29, 1.82) is 0 Å². The molecule has 1 heterocycles. The average molecular weight is 467 g/mol. The predicted octanol–water partition coefficient (Wildman–Crippen LogP) is 5.72. The van der Waals surface area contributed by atoms with Crippen LogP contribution in [-0.4, -0.2) is 15.2 Å². The SMILES string of the molecule is O=C1/C(=C/c2ccccc2OCc2ccc([N+](=O)[O-])cc2)SC(=S)N1c1ccc(F)cc1. The first-order valence-corrected chi connectivity index (χ1v) is 10.6. The van der Waals surface area contributed by atoms with Crippen molar-refractivity contribution >= 4 is 51.7 Å². The van der Waals surface area contributed by atoms with E-state index in [1.807, 2.05) is 18.2 Å². The van der Waals surface area contributed by atoms with Gasteiger partial charge in [-0.15, -0.1) is 0 Å². The summed E-state index contributed by atoms with van der Waals surface area (Å²) in [5.41, 5.74) is 1.97. The molecule has 0 radical (unpaired) electrons. The quantitative estimate of drug-likeness (QED) is 0.200. The molecule has 1 aliphatic rings. The van der Waals surface area contributed by atoms with Crippen molar-refractivity contribution in [2.45, 2.75) is 6.61 Å². The number of nitro groups is 1. The summed E-state index contributed by atoms with van der Waals surface area (Å²) in [7, 11) is 0. The van der Waals surface area contributed by atoms with Crippen LogP contribution in [0.2, 0.25) is 0 Å². The summed E-state index contributed by atoms with van der Waals surface area (Å²) in [5, 5.41) is 10.8. The third-order valence-corrected chi connectivity index (χ3v) is 5.93. The lowest BCUT2D eigenvalue weighted by Gasteiger charge is -2.14. The Kier molecular flexibility index (Phi) is 6.29. The van der Waals surface area contributed by atoms with Gasteiger partial charge < -0.3 is 4.74 Å². The maximum Gasteiger partial charge on any atom is 0.270 e. The first-order chi connectivity index (χ1) is 15.4. The van der Waals surface area contributed by atoms with E-state index in [2.05, 4.69) is 0 Å². The minimum absolute atomic E-state index is 0.0114. The van der Waals surface area contributed by atoms with Crippen molar-refractivity contribution in [3.05, 3.63) is 105 Å². The molecule has 0 saturated carbocycles. The number of hydrogen-bond donors (Lipinski definition) is 0. The van der Waals surface area contributed by atoms with Gasteiger partial charge in [0, 0.05) is 17.7 Å². The summed E-state index contributed by atoms with van der Waals surface area (Å²) in [6, 6.07) is 18.9. The molecular weight excluding hydrogens is 451 g/mol. The van der Waals surface area contributed by atoms with Crippen LogP contribution in [0.25, 0.3) is 6.08 Å². The largest absolute Gasteiger partial charge is 0.488 e. The molecule has 160 valence electrons. The molecule has 0 spiro atoms. The highest BCUT2D eigenvalue weighted by molar-refractivity contribution is 8.27. The van der Waals surface area contributed by atoms with Crippen molar-refractivity contribution in [3.63, 3.8) is 0 Å². The number of carbonyl (C=O) groups is 1. The fourth-order valence-corrected chi connectivity index (χ4v) is 4.32. The second-order valence-electron chi connectivity index (χ2n) is 6.74. The first kappa shape index (κ1) is 21.7. The average Bonchev–Trinajstić information content (AvgIpc) is 3.07. The number of ether oxygens (including phenoxy) is 1. The van der Waals surface area contributed by atoms with E-state index < -0.39 is 10.7 Å². The number of benzene rings is 3. The van der Waals surface area contributed by atoms with Gasteiger partial charge in [0.25, 0.3) is 11.6 Å². The van der Waals surface area contributed by atoms with E-state index in [-0.39, 0.29) is 18.2 Å². The van der Waals surface area contributed by atoms with Crippen molar-refractivity contribution in [2.75, 3.05) is 4.90 Å². The van der Waals surface area contributed by atoms with Crippen molar-refractivity contribution in [3.8, 4) is 5.75 Å². The number of rotatable bonds is 6. The normalized spacial score (nSPS) is 14.8. The second kappa shape index (κ2) is 9.29. The standard InChI is InChI=1S/C23H15FN2O4S2/c24-17-7-11-18(12-8-17)25-22(27)21(32-23(25)31)13-16-3-1-2-4-20(16)30-14-15-5-9-19(10-6-15)26(28)29/h1-13H,14H2/b21-13-. The van der Waals surface area contributed by atoms with E-state index in [4.69, 9.17) is 17.0 Å². The molecule has 1 saturated heterocycles. The zero-order valence-corrected chi connectivity index (χ0v) is 18.1. The summed E-state index contributed by atoms with van der Waals surface area (Å²) in [6.45, 7) is 0.208. The Morgan fingerprint density at radius 2 is 1.75 bits per heavy atom. The van der Waals surface area contributed by atoms with Gasteiger partial charge >= 0.3 is 0 Å². The molecule has 0 unspecified atom stereocenters. The summed E-state index contributed by atoms with van der Waals surface area (Å²) in [6.07, 6.45) is 1.70. The Morgan fingerprint density at radius 1 is 1.06 bits per heavy atom. The molecule has 3 aromatic carbocycles. The van der Waals surface area contributed by atoms with Crippen LogP contribution < -0.4 is 9.64 Å². The highest BCUT2D eigenvalue weighted by atomic mass is 32.2. The number of hydrogen-bond acceptors (Lipinski definition) is 6. The number of nitro benzene ring substituents is 1. The number of thiocarbonyl (C=S) groups is 1. The fourth-order valence-electron chi connectivity index (χ4n) is 3.03. The van der Waals surface area contributed by atoms with Gasteiger partial charge in [-0.3, -0.25) is 19.8 Å². The van der Waals surface area contributed by atoms with Crippen molar-refractivity contribution < 1.29 is 18.8 Å². The summed E-state index contributed by atoms with van der Waals surface area (Å²) >= 11 is 6.52. The molecule has 1 amide bonds. The maximum atomic E-state index is 13.2. The maximum absolute atomic E-state index is 13.2. The van der Waals surface area contributed by atoms with Gasteiger partial charge in [0.05, 0.1) is 15.5 Å². The van der Waals surface area contributed by atoms with Gasteiger partial charge in [0.1, 0.15) is 18.2 Å². The van der Waals surface area contributed by atoms with Gasteiger partial charge in [0.2, 0.25) is 0 Å². The molecule has 0 aromatic heterocycles. The summed E-state index contributed by atoms with van der Waals surface area (Å²) in [5.74, 6) is -0.136. The molecule has 1 aliphatic heterocycles. The molecular formula is C23H15FN2O4S2. The predicted molar refractivity (Wildman–Crippen MR) is 126 cm³/mol. The van der Waals surface area contributed by atoms with Gasteiger partial charge in [-0.05, 0) is 54.1 Å². The molecule has 0 aliphatic carbocycles. The van der Waals surface area contributed by atoms with Crippen LogP contribution in [0.3, 0.4) is 0 Å². The van der Waals surface area contributed by atoms with E-state index >= 15 is 0 Å². The Bertz CT molecular complexity index is 1230. The highest BCUT2D eigenvalue weighted by Crippen LogP contribution is 2.37. The molecule has 0 bridgehead atoms. The van der Waals surface area contributed by atoms with Gasteiger partial charge in [0.15, 0.2) is 4.32 Å². The van der Waals surface area contributed by atoms with Crippen LogP contribution >= 0.6 is 24.0 Å². The monoisotopic (exact) mass is 466 g/mol. The Hall–Kier alpha value is -3.56. The third-order valence-electron chi connectivity index (χ3n) is 4.63. The van der Waals surface area contributed by atoms with E-state index in [9.17, 15) is 19.3 Å². The minimum atomic E-state index is -0.456. The number of amides is 1. The van der Waals surface area contributed by atoms with Crippen LogP contribution in [-0.2, 0) is 11.4 Å².